The van der Waals surface area contributed by atoms with Crippen molar-refractivity contribution >= 4 is 0 Å². The van der Waals surface area contributed by atoms with Gasteiger partial charge in [0.1, 0.15) is 11.6 Å². The van der Waals surface area contributed by atoms with Gasteiger partial charge in [-0.2, -0.15) is 13.2 Å². The van der Waals surface area contributed by atoms with Gasteiger partial charge in [0.25, 0.3) is 0 Å². The van der Waals surface area contributed by atoms with Gasteiger partial charge in [0.2, 0.25) is 0 Å². The number of alkyl halides is 3. The molecule has 4 rings (SSSR count). The number of fused-ring (bicyclic) bond motifs is 1. The highest BCUT2D eigenvalue weighted by Gasteiger charge is 2.30. The molecule has 0 fully saturated rings. The Morgan fingerprint density at radius 2 is 1.86 bits per heavy atom. The fourth-order valence-corrected chi connectivity index (χ4v) is 3.52. The molecule has 0 N–H and O–H groups in total. The van der Waals surface area contributed by atoms with Crippen molar-refractivity contribution in [3.8, 4) is 11.4 Å². The third-order valence-electron chi connectivity index (χ3n) is 5.06. The van der Waals surface area contributed by atoms with Crippen LogP contribution in [0.3, 0.4) is 0 Å². The van der Waals surface area contributed by atoms with Gasteiger partial charge < -0.3 is 4.57 Å². The van der Waals surface area contributed by atoms with E-state index in [-0.39, 0.29) is 5.82 Å². The molecular weight excluding hydrogens is 372 g/mol. The number of aromatic nitrogens is 3. The van der Waals surface area contributed by atoms with Crippen LogP contribution in [-0.2, 0) is 32.7 Å². The maximum atomic E-state index is 13.9. The van der Waals surface area contributed by atoms with Crippen LogP contribution in [0.15, 0.2) is 42.7 Å². The predicted molar refractivity (Wildman–Crippen MR) is 95.7 cm³/mol. The molecule has 0 bridgehead atoms. The molecule has 1 aliphatic heterocycles. The van der Waals surface area contributed by atoms with Gasteiger partial charge in [0.15, 0.2) is 0 Å². The minimum absolute atomic E-state index is 0.330. The minimum atomic E-state index is -4.36. The summed E-state index contributed by atoms with van der Waals surface area (Å²) < 4.78 is 54.1. The van der Waals surface area contributed by atoms with Gasteiger partial charge >= 0.3 is 6.18 Å². The lowest BCUT2D eigenvalue weighted by Gasteiger charge is -2.27. The highest BCUT2D eigenvalue weighted by atomic mass is 19.4. The summed E-state index contributed by atoms with van der Waals surface area (Å²) in [5.74, 6) is 0.305. The summed E-state index contributed by atoms with van der Waals surface area (Å²) in [5, 5.41) is 0. The Morgan fingerprint density at radius 1 is 1.11 bits per heavy atom. The zero-order chi connectivity index (χ0) is 19.9. The van der Waals surface area contributed by atoms with E-state index in [1.54, 1.807) is 12.3 Å². The van der Waals surface area contributed by atoms with Crippen LogP contribution in [-0.4, -0.2) is 26.0 Å². The summed E-state index contributed by atoms with van der Waals surface area (Å²) in [4.78, 5) is 10.5. The fraction of sp³-hybridized carbons (Fsp3) is 0.300. The first-order valence-electron chi connectivity index (χ1n) is 8.86. The first-order chi connectivity index (χ1) is 13.3. The Morgan fingerprint density at radius 3 is 2.54 bits per heavy atom. The Bertz CT molecular complexity index is 992. The van der Waals surface area contributed by atoms with Gasteiger partial charge in [0.05, 0.1) is 23.1 Å². The topological polar surface area (TPSA) is 34.0 Å². The molecule has 0 saturated carbocycles. The van der Waals surface area contributed by atoms with Crippen LogP contribution in [0.1, 0.15) is 22.5 Å². The molecule has 0 unspecified atom stereocenters. The molecule has 0 amide bonds. The molecule has 0 saturated heterocycles. The number of hydrogen-bond donors (Lipinski definition) is 0. The fourth-order valence-electron chi connectivity index (χ4n) is 3.52. The summed E-state index contributed by atoms with van der Waals surface area (Å²) in [7, 11) is 1.86. The number of nitrogens with zero attached hydrogens (tertiary/aromatic N) is 4. The van der Waals surface area contributed by atoms with Gasteiger partial charge in [-0.25, -0.2) is 9.37 Å². The summed E-state index contributed by atoms with van der Waals surface area (Å²) in [5.41, 5.74) is 2.47. The first kappa shape index (κ1) is 18.6. The third kappa shape index (κ3) is 3.52. The van der Waals surface area contributed by atoms with Crippen molar-refractivity contribution in [3.05, 3.63) is 71.1 Å². The molecule has 1 aliphatic rings. The largest absolute Gasteiger partial charge is 0.416 e. The van der Waals surface area contributed by atoms with Crippen LogP contribution < -0.4 is 0 Å². The van der Waals surface area contributed by atoms with Crippen LogP contribution >= 0.6 is 0 Å². The second-order valence-corrected chi connectivity index (χ2v) is 6.89. The smallest absolute Gasteiger partial charge is 0.330 e. The van der Waals surface area contributed by atoms with E-state index in [1.807, 2.05) is 11.6 Å². The van der Waals surface area contributed by atoms with Crippen molar-refractivity contribution in [1.29, 1.82) is 0 Å². The maximum Gasteiger partial charge on any atom is 0.416 e. The molecule has 28 heavy (non-hydrogen) atoms. The average Bonchev–Trinajstić information content (AvgIpc) is 2.99. The van der Waals surface area contributed by atoms with Gasteiger partial charge in [0, 0.05) is 50.4 Å². The molecule has 2 aromatic heterocycles. The summed E-state index contributed by atoms with van der Waals surface area (Å²) in [6.07, 6.45) is -0.878. The van der Waals surface area contributed by atoms with Crippen LogP contribution in [0.2, 0.25) is 0 Å². The van der Waals surface area contributed by atoms with Crippen molar-refractivity contribution in [2.45, 2.75) is 25.7 Å². The average molecular weight is 390 g/mol. The molecule has 0 atom stereocenters. The van der Waals surface area contributed by atoms with E-state index in [0.717, 1.165) is 30.1 Å². The van der Waals surface area contributed by atoms with Crippen molar-refractivity contribution in [3.63, 3.8) is 0 Å². The molecule has 0 spiro atoms. The molecule has 1 aromatic carbocycles. The zero-order valence-corrected chi connectivity index (χ0v) is 15.2. The molecule has 3 aromatic rings. The maximum absolute atomic E-state index is 13.9. The molecule has 3 heterocycles. The summed E-state index contributed by atoms with van der Waals surface area (Å²) in [6.45, 7) is 1.80. The van der Waals surface area contributed by atoms with Crippen LogP contribution in [0, 0.1) is 5.82 Å². The van der Waals surface area contributed by atoms with Gasteiger partial charge in [-0.3, -0.25) is 9.88 Å². The SMILES string of the molecule is Cn1c(-c2ccc(C(F)(F)F)cc2)nc2c1CN(Cc1ccncc1F)CC2. The van der Waals surface area contributed by atoms with Gasteiger partial charge in [-0.15, -0.1) is 0 Å². The van der Waals surface area contributed by atoms with Crippen LogP contribution in [0.4, 0.5) is 17.6 Å². The lowest BCUT2D eigenvalue weighted by atomic mass is 10.1. The van der Waals surface area contributed by atoms with E-state index in [1.165, 1.54) is 18.3 Å². The van der Waals surface area contributed by atoms with Crippen LogP contribution in [0.25, 0.3) is 11.4 Å². The van der Waals surface area contributed by atoms with E-state index in [9.17, 15) is 17.6 Å². The standard InChI is InChI=1S/C20H18F4N4/c1-27-18-12-28(11-14-6-8-25-10-16(14)21)9-7-17(18)26-19(27)13-2-4-15(5-3-13)20(22,23)24/h2-6,8,10H,7,9,11-12H2,1H3. The Balaban J connectivity index is 1.57. The van der Waals surface area contributed by atoms with Crippen molar-refractivity contribution in [2.24, 2.45) is 7.05 Å². The number of benzene rings is 1. The first-order valence-corrected chi connectivity index (χ1v) is 8.86. The van der Waals surface area contributed by atoms with Crippen molar-refractivity contribution in [1.82, 2.24) is 19.4 Å². The van der Waals surface area contributed by atoms with E-state index in [4.69, 9.17) is 0 Å². The van der Waals surface area contributed by atoms with E-state index in [0.29, 0.717) is 36.5 Å². The molecule has 8 heteroatoms. The third-order valence-corrected chi connectivity index (χ3v) is 5.06. The molecule has 0 radical (unpaired) electrons. The Kier molecular flexibility index (Phi) is 4.66. The molecule has 0 aliphatic carbocycles. The number of hydrogen-bond acceptors (Lipinski definition) is 3. The van der Waals surface area contributed by atoms with Crippen molar-refractivity contribution < 1.29 is 17.6 Å². The molecular formula is C20H18F4N4. The van der Waals surface area contributed by atoms with Gasteiger partial charge in [-0.1, -0.05) is 12.1 Å². The van der Waals surface area contributed by atoms with Crippen molar-refractivity contribution in [2.75, 3.05) is 6.54 Å². The second kappa shape index (κ2) is 7.01. The monoisotopic (exact) mass is 390 g/mol. The number of pyridine rings is 1. The number of rotatable bonds is 3. The quantitative estimate of drug-likeness (QED) is 0.629. The lowest BCUT2D eigenvalue weighted by Crippen LogP contribution is -2.31. The van der Waals surface area contributed by atoms with Crippen LogP contribution in [0.5, 0.6) is 0 Å². The summed E-state index contributed by atoms with van der Waals surface area (Å²) in [6, 6.07) is 6.70. The van der Waals surface area contributed by atoms with Gasteiger partial charge in [-0.05, 0) is 18.2 Å². The van der Waals surface area contributed by atoms with E-state index < -0.39 is 11.7 Å². The zero-order valence-electron chi connectivity index (χ0n) is 15.2. The molecule has 146 valence electrons. The Labute approximate surface area is 159 Å². The van der Waals surface area contributed by atoms with E-state index in [2.05, 4.69) is 14.9 Å². The Hall–Kier alpha value is -2.74. The molecule has 4 nitrogen and oxygen atoms in total. The minimum Gasteiger partial charge on any atom is -0.330 e. The normalized spacial score (nSPS) is 14.9. The predicted octanol–water partition coefficient (Wildman–Crippen LogP) is 4.20. The summed E-state index contributed by atoms with van der Waals surface area (Å²) >= 11 is 0. The lowest BCUT2D eigenvalue weighted by molar-refractivity contribution is -0.137. The van der Waals surface area contributed by atoms with E-state index >= 15 is 0 Å². The highest BCUT2D eigenvalue weighted by Crippen LogP contribution is 2.32. The second-order valence-electron chi connectivity index (χ2n) is 6.89. The highest BCUT2D eigenvalue weighted by molar-refractivity contribution is 5.58. The number of imidazole rings is 1. The number of halogens is 4.